The normalized spacial score (nSPS) is 14.6. The molecule has 0 amide bonds. The largest absolute Gasteiger partial charge is 0.391 e. The summed E-state index contributed by atoms with van der Waals surface area (Å²) in [5.74, 6) is 0.410. The molecule has 66 valence electrons. The Balaban J connectivity index is 3.46. The highest BCUT2D eigenvalue weighted by Gasteiger charge is 1.93. The van der Waals surface area contributed by atoms with Crippen LogP contribution in [0.25, 0.3) is 0 Å². The highest BCUT2D eigenvalue weighted by Crippen LogP contribution is 1.79. The molecule has 0 aliphatic carbocycles. The molecule has 4 N–H and O–H groups in total. The zero-order chi connectivity index (χ0) is 8.69. The van der Waals surface area contributed by atoms with E-state index < -0.39 is 6.10 Å². The van der Waals surface area contributed by atoms with Crippen LogP contribution in [0.4, 0.5) is 0 Å². The third-order valence-electron chi connectivity index (χ3n) is 1.08. The molecule has 0 aliphatic heterocycles. The van der Waals surface area contributed by atoms with Crippen molar-refractivity contribution in [2.75, 3.05) is 13.1 Å². The topological polar surface area (TPSA) is 70.6 Å². The zero-order valence-electron chi connectivity index (χ0n) is 7.17. The van der Waals surface area contributed by atoms with Crippen LogP contribution in [0.1, 0.15) is 20.3 Å². The van der Waals surface area contributed by atoms with Gasteiger partial charge in [0.15, 0.2) is 5.96 Å². The first-order chi connectivity index (χ1) is 5.16. The molecule has 0 bridgehead atoms. The molecule has 1 atom stereocenters. The van der Waals surface area contributed by atoms with Crippen molar-refractivity contribution in [2.24, 2.45) is 10.7 Å². The number of aliphatic imine (C=N–C) groups is 1. The number of nitrogens with zero attached hydrogens (tertiary/aromatic N) is 1. The monoisotopic (exact) mass is 159 g/mol. The maximum absolute atomic E-state index is 8.84. The number of hydrogen-bond acceptors (Lipinski definition) is 2. The Morgan fingerprint density at radius 2 is 2.36 bits per heavy atom. The van der Waals surface area contributed by atoms with Gasteiger partial charge in [-0.15, -0.1) is 0 Å². The van der Waals surface area contributed by atoms with Gasteiger partial charge in [-0.25, -0.2) is 0 Å². The highest BCUT2D eigenvalue weighted by atomic mass is 16.3. The quantitative estimate of drug-likeness (QED) is 0.389. The third-order valence-corrected chi connectivity index (χ3v) is 1.08. The molecule has 0 rings (SSSR count). The van der Waals surface area contributed by atoms with E-state index in [0.29, 0.717) is 12.5 Å². The maximum atomic E-state index is 8.84. The molecule has 11 heavy (non-hydrogen) atoms. The van der Waals surface area contributed by atoms with Gasteiger partial charge in [-0.05, 0) is 13.3 Å². The van der Waals surface area contributed by atoms with E-state index >= 15 is 0 Å². The predicted octanol–water partition coefficient (Wildman–Crippen LogP) is -0.318. The van der Waals surface area contributed by atoms with Crippen molar-refractivity contribution in [3.05, 3.63) is 0 Å². The highest BCUT2D eigenvalue weighted by molar-refractivity contribution is 5.77. The fourth-order valence-electron chi connectivity index (χ4n) is 0.539. The van der Waals surface area contributed by atoms with Crippen molar-refractivity contribution in [3.8, 4) is 0 Å². The van der Waals surface area contributed by atoms with Crippen LogP contribution in [0.3, 0.4) is 0 Å². The van der Waals surface area contributed by atoms with E-state index in [1.807, 2.05) is 0 Å². The second-order valence-corrected chi connectivity index (χ2v) is 2.50. The van der Waals surface area contributed by atoms with Gasteiger partial charge < -0.3 is 16.2 Å². The molecule has 4 heteroatoms. The summed E-state index contributed by atoms with van der Waals surface area (Å²) in [4.78, 5) is 3.89. The molecule has 0 saturated carbocycles. The number of aliphatic hydroxyl groups excluding tert-OH is 1. The van der Waals surface area contributed by atoms with E-state index in [-0.39, 0.29) is 0 Å². The first-order valence-corrected chi connectivity index (χ1v) is 3.88. The summed E-state index contributed by atoms with van der Waals surface area (Å²) in [6.07, 6.45) is 0.599. The third kappa shape index (κ3) is 7.12. The number of guanidine groups is 1. The summed E-state index contributed by atoms with van der Waals surface area (Å²) in [5, 5.41) is 11.7. The summed E-state index contributed by atoms with van der Waals surface area (Å²) in [5.41, 5.74) is 5.44. The van der Waals surface area contributed by atoms with Crippen molar-refractivity contribution >= 4 is 5.96 Å². The first kappa shape index (κ1) is 10.2. The standard InChI is InChI=1S/C7H17N3O/c1-3-4-9-7(8)10-5-6(2)11/h6,11H,3-5H2,1-2H3,(H3,8,9,10)/t6-/m1/s1. The minimum atomic E-state index is -0.419. The number of rotatable bonds is 4. The number of hydrogen-bond donors (Lipinski definition) is 3. The Hall–Kier alpha value is -0.770. The molecule has 0 heterocycles. The van der Waals surface area contributed by atoms with Crippen LogP contribution in [0.5, 0.6) is 0 Å². The van der Waals surface area contributed by atoms with Crippen molar-refractivity contribution in [1.82, 2.24) is 5.32 Å². The maximum Gasteiger partial charge on any atom is 0.188 e. The predicted molar refractivity (Wildman–Crippen MR) is 46.5 cm³/mol. The average molecular weight is 159 g/mol. The summed E-state index contributed by atoms with van der Waals surface area (Å²) >= 11 is 0. The van der Waals surface area contributed by atoms with Crippen LogP contribution >= 0.6 is 0 Å². The van der Waals surface area contributed by atoms with E-state index in [0.717, 1.165) is 13.0 Å². The molecule has 0 fully saturated rings. The van der Waals surface area contributed by atoms with E-state index in [1.165, 1.54) is 0 Å². The molecule has 0 aliphatic rings. The smallest absolute Gasteiger partial charge is 0.188 e. The SMILES string of the molecule is CCCNC(N)=NC[C@@H](C)O. The van der Waals surface area contributed by atoms with Gasteiger partial charge >= 0.3 is 0 Å². The fourth-order valence-corrected chi connectivity index (χ4v) is 0.539. The van der Waals surface area contributed by atoms with Crippen LogP contribution in [-0.2, 0) is 0 Å². The summed E-state index contributed by atoms with van der Waals surface area (Å²) in [6, 6.07) is 0. The van der Waals surface area contributed by atoms with Crippen LogP contribution in [-0.4, -0.2) is 30.3 Å². The second kappa shape index (κ2) is 5.97. The Morgan fingerprint density at radius 3 is 2.82 bits per heavy atom. The van der Waals surface area contributed by atoms with Crippen LogP contribution in [0.2, 0.25) is 0 Å². The van der Waals surface area contributed by atoms with Gasteiger partial charge in [0.1, 0.15) is 0 Å². The summed E-state index contributed by atoms with van der Waals surface area (Å²) < 4.78 is 0. The summed E-state index contributed by atoms with van der Waals surface area (Å²) in [6.45, 7) is 4.92. The molecule has 0 spiro atoms. The first-order valence-electron chi connectivity index (χ1n) is 3.88. The molecule has 0 aromatic rings. The molecule has 4 nitrogen and oxygen atoms in total. The molecule has 0 radical (unpaired) electrons. The van der Waals surface area contributed by atoms with Crippen LogP contribution in [0, 0.1) is 0 Å². The lowest BCUT2D eigenvalue weighted by Gasteiger charge is -2.03. The van der Waals surface area contributed by atoms with Gasteiger partial charge in [-0.3, -0.25) is 4.99 Å². The van der Waals surface area contributed by atoms with Crippen LogP contribution in [0.15, 0.2) is 4.99 Å². The minimum absolute atomic E-state index is 0.364. The lowest BCUT2D eigenvalue weighted by Crippen LogP contribution is -2.32. The van der Waals surface area contributed by atoms with E-state index in [4.69, 9.17) is 10.8 Å². The Kier molecular flexibility index (Phi) is 5.56. The van der Waals surface area contributed by atoms with E-state index in [2.05, 4.69) is 17.2 Å². The lowest BCUT2D eigenvalue weighted by molar-refractivity contribution is 0.204. The second-order valence-electron chi connectivity index (χ2n) is 2.50. The number of nitrogens with one attached hydrogen (secondary N) is 1. The fraction of sp³-hybridized carbons (Fsp3) is 0.857. The molecule has 0 unspecified atom stereocenters. The number of aliphatic hydroxyl groups is 1. The van der Waals surface area contributed by atoms with Gasteiger partial charge in [0.05, 0.1) is 12.6 Å². The number of nitrogens with two attached hydrogens (primary N) is 1. The summed E-state index contributed by atoms with van der Waals surface area (Å²) in [7, 11) is 0. The van der Waals surface area contributed by atoms with Gasteiger partial charge in [-0.2, -0.15) is 0 Å². The van der Waals surface area contributed by atoms with Crippen LogP contribution < -0.4 is 11.1 Å². The molecular formula is C7H17N3O. The van der Waals surface area contributed by atoms with Gasteiger partial charge in [-0.1, -0.05) is 6.92 Å². The molecule has 0 saturated heterocycles. The van der Waals surface area contributed by atoms with Crippen molar-refractivity contribution in [1.29, 1.82) is 0 Å². The molecule has 0 aromatic carbocycles. The Bertz CT molecular complexity index is 123. The average Bonchev–Trinajstić information content (AvgIpc) is 1.97. The van der Waals surface area contributed by atoms with E-state index in [1.54, 1.807) is 6.92 Å². The van der Waals surface area contributed by atoms with Crippen molar-refractivity contribution in [2.45, 2.75) is 26.4 Å². The van der Waals surface area contributed by atoms with Crippen molar-refractivity contribution in [3.63, 3.8) is 0 Å². The molecule has 0 aromatic heterocycles. The Labute approximate surface area is 67.5 Å². The van der Waals surface area contributed by atoms with Gasteiger partial charge in [0.2, 0.25) is 0 Å². The van der Waals surface area contributed by atoms with E-state index in [9.17, 15) is 0 Å². The van der Waals surface area contributed by atoms with Gasteiger partial charge in [0, 0.05) is 6.54 Å². The molecular weight excluding hydrogens is 142 g/mol. The van der Waals surface area contributed by atoms with Crippen molar-refractivity contribution < 1.29 is 5.11 Å². The lowest BCUT2D eigenvalue weighted by atomic mass is 10.4. The Morgan fingerprint density at radius 1 is 1.73 bits per heavy atom. The zero-order valence-corrected chi connectivity index (χ0v) is 7.17. The minimum Gasteiger partial charge on any atom is -0.391 e. The van der Waals surface area contributed by atoms with Gasteiger partial charge in [0.25, 0.3) is 0 Å².